The Kier molecular flexibility index (Phi) is 15.8. The number of carbonyl (C=O) groups is 5. The van der Waals surface area contributed by atoms with Crippen LogP contribution in [0.5, 0.6) is 11.5 Å². The fraction of sp³-hybridized carbons (Fsp3) is 0.356. The maximum atomic E-state index is 14.7. The summed E-state index contributed by atoms with van der Waals surface area (Å²) in [5.74, 6) is -3.01. The number of carbonyl (C=O) groups excluding carboxylic acids is 4. The molecule has 4 amide bonds. The molecule has 0 saturated carbocycles. The molecule has 0 unspecified atom stereocenters. The van der Waals surface area contributed by atoms with E-state index in [1.807, 2.05) is 43.3 Å². The van der Waals surface area contributed by atoms with Gasteiger partial charge in [0.1, 0.15) is 48.9 Å². The van der Waals surface area contributed by atoms with E-state index in [-0.39, 0.29) is 39.1 Å². The van der Waals surface area contributed by atoms with Crippen LogP contribution in [-0.2, 0) is 25.6 Å². The Hall–Kier alpha value is -6.29. The van der Waals surface area contributed by atoms with E-state index in [2.05, 4.69) is 16.0 Å². The van der Waals surface area contributed by atoms with Gasteiger partial charge in [-0.15, -0.1) is 0 Å². The van der Waals surface area contributed by atoms with Crippen LogP contribution < -0.4 is 42.6 Å². The molecule has 1 heterocycles. The number of ether oxygens (including phenoxy) is 2. The number of nitrogens with two attached hydrogens (primary N) is 3. The summed E-state index contributed by atoms with van der Waals surface area (Å²) in [4.78, 5) is 69.9. The molecule has 4 aromatic rings. The Morgan fingerprint density at radius 2 is 1.40 bits per heavy atom. The van der Waals surface area contributed by atoms with Gasteiger partial charge in [-0.3, -0.25) is 19.2 Å². The largest absolute Gasteiger partial charge is 0.492 e. The van der Waals surface area contributed by atoms with Gasteiger partial charge in [0.15, 0.2) is 0 Å². The number of benzene rings is 4. The van der Waals surface area contributed by atoms with E-state index < -0.39 is 53.8 Å². The Morgan fingerprint density at radius 3 is 2.00 bits per heavy atom. The van der Waals surface area contributed by atoms with Crippen LogP contribution >= 0.6 is 0 Å². The van der Waals surface area contributed by atoms with Crippen molar-refractivity contribution in [3.8, 4) is 33.8 Å². The lowest BCUT2D eigenvalue weighted by Gasteiger charge is -2.32. The van der Waals surface area contributed by atoms with E-state index in [0.717, 1.165) is 16.7 Å². The van der Waals surface area contributed by atoms with E-state index in [9.17, 15) is 29.1 Å². The van der Waals surface area contributed by atoms with Gasteiger partial charge >= 0.3 is 5.97 Å². The van der Waals surface area contributed by atoms with E-state index in [4.69, 9.17) is 26.7 Å². The predicted molar refractivity (Wildman–Crippen MR) is 228 cm³/mol. The quantitative estimate of drug-likeness (QED) is 0.0811. The van der Waals surface area contributed by atoms with Crippen LogP contribution in [0.4, 0.5) is 0 Å². The van der Waals surface area contributed by atoms with Crippen molar-refractivity contribution in [3.63, 3.8) is 0 Å². The summed E-state index contributed by atoms with van der Waals surface area (Å²) in [5, 5.41) is 18.2. The lowest BCUT2D eigenvalue weighted by molar-refractivity contribution is -0.143. The number of aliphatic carboxylic acids is 1. The molecule has 60 heavy (non-hydrogen) atoms. The number of fused-ring (bicyclic) bond motifs is 5. The maximum absolute atomic E-state index is 14.7. The highest BCUT2D eigenvalue weighted by Gasteiger charge is 2.36. The third-order valence-corrected chi connectivity index (χ3v) is 10.3. The van der Waals surface area contributed by atoms with Crippen LogP contribution in [0.25, 0.3) is 22.3 Å². The number of nitrogens with zero attached hydrogens (tertiary/aromatic N) is 1. The molecule has 318 valence electrons. The van der Waals surface area contributed by atoms with Crippen molar-refractivity contribution >= 4 is 29.6 Å². The molecule has 0 spiro atoms. The molecule has 4 aromatic carbocycles. The van der Waals surface area contributed by atoms with E-state index in [1.165, 1.54) is 18.9 Å². The Labute approximate surface area is 350 Å². The third kappa shape index (κ3) is 11.3. The zero-order valence-electron chi connectivity index (χ0n) is 34.2. The first-order valence-corrected chi connectivity index (χ1v) is 20.1. The molecule has 4 atom stereocenters. The molecule has 4 bridgehead atoms. The molecule has 0 fully saturated rings. The number of carboxylic acid groups (broad SMARTS) is 1. The molecular formula is C45H55N7O8. The normalized spacial score (nSPS) is 17.0. The Bertz CT molecular complexity index is 2140. The van der Waals surface area contributed by atoms with Gasteiger partial charge in [-0.05, 0) is 98.3 Å². The smallest absolute Gasteiger partial charge is 0.326 e. The minimum atomic E-state index is -1.35. The summed E-state index contributed by atoms with van der Waals surface area (Å²) >= 11 is 0. The highest BCUT2D eigenvalue weighted by molar-refractivity contribution is 5.99. The van der Waals surface area contributed by atoms with Crippen molar-refractivity contribution < 1.29 is 38.6 Å². The lowest BCUT2D eigenvalue weighted by Crippen LogP contribution is -2.54. The van der Waals surface area contributed by atoms with E-state index >= 15 is 0 Å². The third-order valence-electron chi connectivity index (χ3n) is 10.3. The van der Waals surface area contributed by atoms with Crippen molar-refractivity contribution in [1.82, 2.24) is 20.9 Å². The average molecular weight is 822 g/mol. The molecule has 15 nitrogen and oxygen atoms in total. The van der Waals surface area contributed by atoms with Crippen LogP contribution in [0, 0.1) is 6.92 Å². The van der Waals surface area contributed by atoms with E-state index in [1.54, 1.807) is 48.5 Å². The van der Waals surface area contributed by atoms with Crippen LogP contribution in [0.2, 0.25) is 0 Å². The summed E-state index contributed by atoms with van der Waals surface area (Å²) in [5.41, 5.74) is 22.7. The molecule has 15 heteroatoms. The predicted octanol–water partition coefficient (Wildman–Crippen LogP) is 3.06. The monoisotopic (exact) mass is 821 g/mol. The van der Waals surface area contributed by atoms with Crippen molar-refractivity contribution in [3.05, 3.63) is 107 Å². The number of likely N-dealkylation sites (N-methyl/N-ethyl adjacent to an activating group) is 1. The lowest BCUT2D eigenvalue weighted by atomic mass is 9.93. The second kappa shape index (κ2) is 21.1. The van der Waals surface area contributed by atoms with Crippen LogP contribution in [0.15, 0.2) is 84.9 Å². The van der Waals surface area contributed by atoms with Crippen LogP contribution in [-0.4, -0.2) is 97.6 Å². The highest BCUT2D eigenvalue weighted by atomic mass is 16.5. The number of unbranched alkanes of at least 4 members (excludes halogenated alkanes) is 1. The Morgan fingerprint density at radius 1 is 0.800 bits per heavy atom. The fourth-order valence-electron chi connectivity index (χ4n) is 7.00. The van der Waals surface area contributed by atoms with Gasteiger partial charge in [-0.2, -0.15) is 0 Å². The minimum absolute atomic E-state index is 0.0847. The van der Waals surface area contributed by atoms with Crippen LogP contribution in [0.1, 0.15) is 59.3 Å². The second-order valence-corrected chi connectivity index (χ2v) is 14.8. The summed E-state index contributed by atoms with van der Waals surface area (Å²) < 4.78 is 12.1. The molecule has 1 aliphatic rings. The van der Waals surface area contributed by atoms with Gasteiger partial charge in [0.05, 0.1) is 0 Å². The summed E-state index contributed by atoms with van der Waals surface area (Å²) in [6.07, 6.45) is 1.23. The minimum Gasteiger partial charge on any atom is -0.492 e. The topological polar surface area (TPSA) is 241 Å². The molecule has 0 aromatic heterocycles. The fourth-order valence-corrected chi connectivity index (χ4v) is 7.00. The molecule has 0 radical (unpaired) electrons. The van der Waals surface area contributed by atoms with Gasteiger partial charge < -0.3 is 52.6 Å². The van der Waals surface area contributed by atoms with Crippen molar-refractivity contribution in [2.24, 2.45) is 17.2 Å². The number of aryl methyl sites for hydroxylation is 1. The maximum Gasteiger partial charge on any atom is 0.326 e. The molecule has 10 N–H and O–H groups in total. The first-order valence-electron chi connectivity index (χ1n) is 20.1. The zero-order valence-corrected chi connectivity index (χ0v) is 34.2. The first kappa shape index (κ1) is 44.8. The molecule has 5 rings (SSSR count). The number of carboxylic acids is 1. The number of amides is 4. The van der Waals surface area contributed by atoms with Gasteiger partial charge in [-0.1, -0.05) is 54.1 Å². The van der Waals surface area contributed by atoms with Gasteiger partial charge in [0, 0.05) is 43.2 Å². The summed E-state index contributed by atoms with van der Waals surface area (Å²) in [6, 6.07) is 20.2. The highest BCUT2D eigenvalue weighted by Crippen LogP contribution is 2.40. The summed E-state index contributed by atoms with van der Waals surface area (Å²) in [7, 11) is 1.45. The van der Waals surface area contributed by atoms with Crippen molar-refractivity contribution in [2.75, 3.05) is 39.9 Å². The number of hydrogen-bond donors (Lipinski definition) is 7. The first-order chi connectivity index (χ1) is 28.8. The van der Waals surface area contributed by atoms with Gasteiger partial charge in [0.2, 0.25) is 17.7 Å². The standard InChI is InChI=1S/C45H55N7O8/c1-27-7-10-30(11-8-27)31-12-14-32(15-13-31)42(54)50-36(6-4-5-19-46)44(56)52(3)40-33-16-18-39(60-23-21-48)35(26-33)34-24-29(9-17-38(34)59-22-20-47)25-37(45(57)58)51-41(53)28(2)49-43(40)55/h7-18,24,26,28,36-37,40H,4-6,19-23,25,46-48H2,1-3H3,(H,49,55)(H,50,54)(H,51,53)(H,57,58)/t28-,36-,37-,40-/m0/s1. The van der Waals surface area contributed by atoms with Crippen molar-refractivity contribution in [1.29, 1.82) is 0 Å². The molecular weight excluding hydrogens is 767 g/mol. The van der Waals surface area contributed by atoms with Gasteiger partial charge in [-0.25, -0.2) is 4.79 Å². The molecule has 1 aliphatic heterocycles. The molecule has 0 aliphatic carbocycles. The number of rotatable bonds is 16. The number of hydrogen-bond acceptors (Lipinski definition) is 10. The Balaban J connectivity index is 1.57. The average Bonchev–Trinajstić information content (AvgIpc) is 3.24. The van der Waals surface area contributed by atoms with Crippen LogP contribution in [0.3, 0.4) is 0 Å². The number of nitrogens with one attached hydrogen (secondary N) is 3. The zero-order chi connectivity index (χ0) is 43.3. The van der Waals surface area contributed by atoms with E-state index in [0.29, 0.717) is 58.7 Å². The SMILES string of the molecule is Cc1ccc(-c2ccc(C(=O)N[C@@H](CCCCN)C(=O)N(C)[C@@H]3C(=O)N[C@@H](C)C(=O)N[C@H](C(=O)O)Cc4ccc(OCCN)c(c4)-c4cc3ccc4OCCN)cc2)cc1. The van der Waals surface area contributed by atoms with Gasteiger partial charge in [0.25, 0.3) is 5.91 Å². The van der Waals surface area contributed by atoms with Crippen molar-refractivity contribution in [2.45, 2.75) is 63.7 Å². The summed E-state index contributed by atoms with van der Waals surface area (Å²) in [6.45, 7) is 4.52. The molecule has 0 saturated heterocycles. The second-order valence-electron chi connectivity index (χ2n) is 14.8.